The highest BCUT2D eigenvalue weighted by atomic mass is 32.2. The number of methoxy groups -OCH3 is 1. The second-order valence-electron chi connectivity index (χ2n) is 9.84. The fraction of sp³-hybridized carbons (Fsp3) is 0.464. The summed E-state index contributed by atoms with van der Waals surface area (Å²) in [7, 11) is 1.56. The molecule has 1 fully saturated rings. The normalized spacial score (nSPS) is 16.6. The summed E-state index contributed by atoms with van der Waals surface area (Å²) in [6.07, 6.45) is 2.58. The lowest BCUT2D eigenvalue weighted by molar-refractivity contribution is 0.0322. The molecule has 3 N–H and O–H groups in total. The second kappa shape index (κ2) is 12.6. The quantitative estimate of drug-likeness (QED) is 0.179. The number of aliphatic hydroxyl groups is 1. The second-order valence-corrected chi connectivity index (χ2v) is 11.0. The van der Waals surface area contributed by atoms with Gasteiger partial charge in [-0.3, -0.25) is 4.98 Å². The fourth-order valence-electron chi connectivity index (χ4n) is 5.12. The van der Waals surface area contributed by atoms with E-state index in [9.17, 15) is 18.3 Å². The predicted octanol–water partition coefficient (Wildman–Crippen LogP) is 5.78. The van der Waals surface area contributed by atoms with Gasteiger partial charge in [-0.25, -0.2) is 17.6 Å². The van der Waals surface area contributed by atoms with Gasteiger partial charge < -0.3 is 20.5 Å². The van der Waals surface area contributed by atoms with Crippen molar-refractivity contribution in [3.63, 3.8) is 0 Å². The lowest BCUT2D eigenvalue weighted by Gasteiger charge is -2.41. The van der Waals surface area contributed by atoms with Gasteiger partial charge in [-0.1, -0.05) is 0 Å². The molecule has 10 heteroatoms. The summed E-state index contributed by atoms with van der Waals surface area (Å²) in [4.78, 5) is 6.98. The molecule has 1 saturated heterocycles. The van der Waals surface area contributed by atoms with E-state index in [2.05, 4.69) is 9.88 Å². The Hall–Kier alpha value is -2.40. The third-order valence-corrected chi connectivity index (χ3v) is 8.50. The zero-order valence-electron chi connectivity index (χ0n) is 21.4. The number of halogens is 4. The predicted molar refractivity (Wildman–Crippen MR) is 142 cm³/mol. The van der Waals surface area contributed by atoms with E-state index in [1.807, 2.05) is 0 Å². The molecule has 5 nitrogen and oxygen atoms in total. The third-order valence-electron chi connectivity index (χ3n) is 7.55. The topological polar surface area (TPSA) is 71.6 Å². The summed E-state index contributed by atoms with van der Waals surface area (Å²) < 4.78 is 61.1. The number of hydrogen-bond donors (Lipinski definition) is 2. The molecule has 0 radical (unpaired) electrons. The molecule has 206 valence electrons. The summed E-state index contributed by atoms with van der Waals surface area (Å²) in [6.45, 7) is 2.29. The Kier molecular flexibility index (Phi) is 9.51. The van der Waals surface area contributed by atoms with Gasteiger partial charge in [0.05, 0.1) is 12.6 Å². The van der Waals surface area contributed by atoms with Crippen LogP contribution in [0, 0.1) is 22.9 Å². The van der Waals surface area contributed by atoms with Gasteiger partial charge in [0.25, 0.3) is 0 Å². The van der Waals surface area contributed by atoms with Crippen LogP contribution in [0.5, 0.6) is 5.75 Å². The van der Waals surface area contributed by atoms with E-state index < -0.39 is 23.6 Å². The van der Waals surface area contributed by atoms with Crippen molar-refractivity contribution in [3.8, 4) is 5.75 Å². The number of alkyl halides is 1. The van der Waals surface area contributed by atoms with Crippen molar-refractivity contribution in [2.75, 3.05) is 39.1 Å². The Morgan fingerprint density at radius 2 is 1.87 bits per heavy atom. The van der Waals surface area contributed by atoms with Crippen molar-refractivity contribution in [1.82, 2.24) is 9.88 Å². The summed E-state index contributed by atoms with van der Waals surface area (Å²) in [5.41, 5.74) is 7.41. The molecule has 1 aliphatic rings. The maximum Gasteiger partial charge on any atom is 0.194 e. The standard InChI is InChI=1S/C28H33F4N3O2S/c1-37-19-2-3-25-21(12-19)26(18(15-33)16-34-25)22(29)4-5-28(17-36)6-8-35(9-7-28)10-11-38-20-13-23(30)27(32)24(31)14-20/h2-3,12-14,16,22,36H,4-11,15,17,33H2,1H3/t22-/m0/s1. The Labute approximate surface area is 224 Å². The van der Waals surface area contributed by atoms with Crippen LogP contribution in [0.3, 0.4) is 0 Å². The van der Waals surface area contributed by atoms with Gasteiger partial charge in [0.15, 0.2) is 17.5 Å². The molecule has 0 spiro atoms. The molecule has 0 aliphatic carbocycles. The van der Waals surface area contributed by atoms with Crippen LogP contribution in [-0.2, 0) is 6.54 Å². The third kappa shape index (κ3) is 6.42. The van der Waals surface area contributed by atoms with E-state index in [1.165, 1.54) is 11.8 Å². The number of nitrogens with zero attached hydrogens (tertiary/aromatic N) is 2. The van der Waals surface area contributed by atoms with Gasteiger partial charge in [-0.2, -0.15) is 0 Å². The molecule has 4 rings (SSSR count). The average Bonchev–Trinajstić information content (AvgIpc) is 2.94. The van der Waals surface area contributed by atoms with E-state index in [0.717, 1.165) is 38.1 Å². The first-order valence-corrected chi connectivity index (χ1v) is 13.7. The van der Waals surface area contributed by atoms with Crippen LogP contribution in [0.15, 0.2) is 41.4 Å². The monoisotopic (exact) mass is 551 g/mol. The van der Waals surface area contributed by atoms with E-state index >= 15 is 4.39 Å². The maximum absolute atomic E-state index is 15.8. The van der Waals surface area contributed by atoms with Gasteiger partial charge in [0.1, 0.15) is 11.9 Å². The Balaban J connectivity index is 1.34. The fourth-order valence-corrected chi connectivity index (χ4v) is 6.08. The number of ether oxygens (including phenoxy) is 1. The van der Waals surface area contributed by atoms with Crippen LogP contribution in [0.2, 0.25) is 0 Å². The van der Waals surface area contributed by atoms with Gasteiger partial charge in [-0.15, -0.1) is 11.8 Å². The van der Waals surface area contributed by atoms with Crippen LogP contribution in [0.4, 0.5) is 17.6 Å². The molecular weight excluding hydrogens is 518 g/mol. The highest BCUT2D eigenvalue weighted by molar-refractivity contribution is 7.99. The molecule has 2 aromatic carbocycles. The number of nitrogens with two attached hydrogens (primary N) is 1. The van der Waals surface area contributed by atoms with Crippen molar-refractivity contribution in [2.24, 2.45) is 11.1 Å². The van der Waals surface area contributed by atoms with E-state index in [1.54, 1.807) is 31.5 Å². The van der Waals surface area contributed by atoms with Crippen molar-refractivity contribution >= 4 is 22.7 Å². The number of likely N-dealkylation sites (tertiary alicyclic amines) is 1. The number of aliphatic hydroxyl groups excluding tert-OH is 1. The summed E-state index contributed by atoms with van der Waals surface area (Å²) in [5.74, 6) is -2.64. The zero-order chi connectivity index (χ0) is 27.3. The van der Waals surface area contributed by atoms with Gasteiger partial charge >= 0.3 is 0 Å². The number of thioether (sulfide) groups is 1. The van der Waals surface area contributed by atoms with Crippen LogP contribution in [0.25, 0.3) is 10.9 Å². The average molecular weight is 552 g/mol. The minimum atomic E-state index is -1.46. The van der Waals surface area contributed by atoms with E-state index in [0.29, 0.717) is 51.4 Å². The molecule has 1 aliphatic heterocycles. The summed E-state index contributed by atoms with van der Waals surface area (Å²) in [6, 6.07) is 7.38. The molecule has 3 aromatic rings. The lowest BCUT2D eigenvalue weighted by Crippen LogP contribution is -2.42. The van der Waals surface area contributed by atoms with Gasteiger partial charge in [-0.05, 0) is 80.1 Å². The molecule has 0 bridgehead atoms. The first kappa shape index (κ1) is 28.6. The molecule has 1 aromatic heterocycles. The number of aromatic nitrogens is 1. The smallest absolute Gasteiger partial charge is 0.194 e. The molecule has 2 heterocycles. The highest BCUT2D eigenvalue weighted by Crippen LogP contribution is 2.41. The minimum absolute atomic E-state index is 0.0227. The highest BCUT2D eigenvalue weighted by Gasteiger charge is 2.35. The molecule has 0 saturated carbocycles. The number of rotatable bonds is 11. The Morgan fingerprint density at radius 3 is 2.50 bits per heavy atom. The van der Waals surface area contributed by atoms with Gasteiger partial charge in [0, 0.05) is 47.5 Å². The maximum atomic E-state index is 15.8. The number of fused-ring (bicyclic) bond motifs is 1. The van der Waals surface area contributed by atoms with E-state index in [4.69, 9.17) is 10.5 Å². The van der Waals surface area contributed by atoms with Crippen LogP contribution in [0.1, 0.15) is 43.0 Å². The molecule has 0 unspecified atom stereocenters. The molecule has 1 atom stereocenters. The van der Waals surface area contributed by atoms with Crippen molar-refractivity contribution in [2.45, 2.75) is 43.3 Å². The number of benzene rings is 2. The zero-order valence-corrected chi connectivity index (χ0v) is 22.2. The molecular formula is C28H33F4N3O2S. The van der Waals surface area contributed by atoms with E-state index in [-0.39, 0.29) is 25.0 Å². The van der Waals surface area contributed by atoms with Crippen molar-refractivity contribution in [1.29, 1.82) is 0 Å². The largest absolute Gasteiger partial charge is 0.497 e. The Morgan fingerprint density at radius 1 is 1.16 bits per heavy atom. The van der Waals surface area contributed by atoms with Crippen molar-refractivity contribution < 1.29 is 27.4 Å². The lowest BCUT2D eigenvalue weighted by atomic mass is 9.74. The number of piperidine rings is 1. The number of hydrogen-bond acceptors (Lipinski definition) is 6. The first-order valence-electron chi connectivity index (χ1n) is 12.7. The number of pyridine rings is 1. The summed E-state index contributed by atoms with van der Waals surface area (Å²) >= 11 is 1.26. The Bertz CT molecular complexity index is 1230. The SMILES string of the molecule is COc1ccc2ncc(CN)c([C@@H](F)CCC3(CO)CCN(CCSc4cc(F)c(F)c(F)c4)CC3)c2c1. The van der Waals surface area contributed by atoms with Crippen molar-refractivity contribution in [3.05, 3.63) is 65.1 Å². The van der Waals surface area contributed by atoms with Crippen LogP contribution >= 0.6 is 11.8 Å². The molecule has 0 amide bonds. The minimum Gasteiger partial charge on any atom is -0.497 e. The van der Waals surface area contributed by atoms with Crippen LogP contribution < -0.4 is 10.5 Å². The van der Waals surface area contributed by atoms with Crippen LogP contribution in [-0.4, -0.2) is 54.1 Å². The molecule has 38 heavy (non-hydrogen) atoms. The first-order chi connectivity index (χ1) is 18.3. The summed E-state index contributed by atoms with van der Waals surface area (Å²) in [5, 5.41) is 10.9. The van der Waals surface area contributed by atoms with Gasteiger partial charge in [0.2, 0.25) is 0 Å².